The average molecular weight is 304 g/mol. The third kappa shape index (κ3) is 4.68. The molecule has 0 saturated carbocycles. The number of hydrogen-bond acceptors (Lipinski definition) is 2. The number of likely N-dealkylation sites (N-methyl/N-ethyl adjacent to an activating group) is 1. The lowest BCUT2D eigenvalue weighted by atomic mass is 10.1. The summed E-state index contributed by atoms with van der Waals surface area (Å²) < 4.78 is 51.5. The van der Waals surface area contributed by atoms with Gasteiger partial charge in [-0.15, -0.1) is 0 Å². The van der Waals surface area contributed by atoms with Crippen LogP contribution in [-0.4, -0.2) is 30.6 Å². The average Bonchev–Trinajstić information content (AvgIpc) is 2.89. The molecule has 118 valence electrons. The zero-order chi connectivity index (χ0) is 15.5. The summed E-state index contributed by atoms with van der Waals surface area (Å²) in [6.07, 6.45) is -2.31. The highest BCUT2D eigenvalue weighted by molar-refractivity contribution is 5.26. The normalized spacial score (nSPS) is 19.4. The van der Waals surface area contributed by atoms with E-state index in [1.165, 1.54) is 6.07 Å². The summed E-state index contributed by atoms with van der Waals surface area (Å²) in [5, 5.41) is 3.36. The van der Waals surface area contributed by atoms with Crippen LogP contribution in [0.3, 0.4) is 0 Å². The van der Waals surface area contributed by atoms with E-state index >= 15 is 0 Å². The lowest BCUT2D eigenvalue weighted by Crippen LogP contribution is -2.37. The molecule has 2 nitrogen and oxygen atoms in total. The highest BCUT2D eigenvalue weighted by atomic mass is 19.4. The molecule has 1 atom stereocenters. The van der Waals surface area contributed by atoms with E-state index in [4.69, 9.17) is 0 Å². The Morgan fingerprint density at radius 2 is 2.05 bits per heavy atom. The quantitative estimate of drug-likeness (QED) is 0.839. The molecule has 1 aromatic rings. The van der Waals surface area contributed by atoms with Gasteiger partial charge in [-0.1, -0.05) is 6.92 Å². The van der Waals surface area contributed by atoms with Gasteiger partial charge in [-0.3, -0.25) is 4.90 Å². The molecule has 21 heavy (non-hydrogen) atoms. The number of alkyl halides is 3. The zero-order valence-electron chi connectivity index (χ0n) is 12.0. The number of rotatable bonds is 5. The first kappa shape index (κ1) is 16.2. The van der Waals surface area contributed by atoms with Crippen LogP contribution < -0.4 is 5.32 Å². The van der Waals surface area contributed by atoms with Crippen molar-refractivity contribution in [3.63, 3.8) is 0 Å². The lowest BCUT2D eigenvalue weighted by molar-refractivity contribution is -0.137. The fourth-order valence-electron chi connectivity index (χ4n) is 2.69. The summed E-state index contributed by atoms with van der Waals surface area (Å²) in [5.41, 5.74) is -0.560. The highest BCUT2D eigenvalue weighted by Crippen LogP contribution is 2.30. The van der Waals surface area contributed by atoms with Crippen molar-refractivity contribution in [1.29, 1.82) is 0 Å². The summed E-state index contributed by atoms with van der Waals surface area (Å²) in [4.78, 5) is 2.04. The standard InChI is InChI=1S/C15H20F4N2/c1-2-21(10-14-4-3-5-20-14)9-11-6-12(15(17,18)19)8-13(16)7-11/h6-8,14,20H,2-5,9-10H2,1H3. The van der Waals surface area contributed by atoms with Crippen molar-refractivity contribution in [1.82, 2.24) is 10.2 Å². The van der Waals surface area contributed by atoms with Crippen molar-refractivity contribution < 1.29 is 17.6 Å². The maximum atomic E-state index is 13.4. The number of nitrogens with zero attached hydrogens (tertiary/aromatic N) is 1. The Morgan fingerprint density at radius 1 is 1.29 bits per heavy atom. The topological polar surface area (TPSA) is 15.3 Å². The van der Waals surface area contributed by atoms with Gasteiger partial charge in [-0.25, -0.2) is 4.39 Å². The third-order valence-corrected chi connectivity index (χ3v) is 3.78. The third-order valence-electron chi connectivity index (χ3n) is 3.78. The van der Waals surface area contributed by atoms with Gasteiger partial charge >= 0.3 is 6.18 Å². The Balaban J connectivity index is 2.07. The Morgan fingerprint density at radius 3 is 2.62 bits per heavy atom. The molecule has 1 N–H and O–H groups in total. The molecule has 0 aliphatic carbocycles. The predicted molar refractivity (Wildman–Crippen MR) is 73.4 cm³/mol. The van der Waals surface area contributed by atoms with E-state index in [0.29, 0.717) is 24.2 Å². The first-order valence-corrected chi connectivity index (χ1v) is 7.21. The van der Waals surface area contributed by atoms with Crippen LogP contribution in [0.1, 0.15) is 30.9 Å². The smallest absolute Gasteiger partial charge is 0.313 e. The molecule has 1 aromatic carbocycles. The summed E-state index contributed by atoms with van der Waals surface area (Å²) in [6.45, 7) is 4.76. The minimum Gasteiger partial charge on any atom is -0.313 e. The Hall–Kier alpha value is -1.14. The molecule has 0 aromatic heterocycles. The van der Waals surface area contributed by atoms with Crippen LogP contribution >= 0.6 is 0 Å². The second kappa shape index (κ2) is 6.75. The lowest BCUT2D eigenvalue weighted by Gasteiger charge is -2.24. The summed E-state index contributed by atoms with van der Waals surface area (Å²) in [7, 11) is 0. The minimum atomic E-state index is -4.51. The van der Waals surface area contributed by atoms with Crippen molar-refractivity contribution in [3.8, 4) is 0 Å². The van der Waals surface area contributed by atoms with Gasteiger partial charge in [0.2, 0.25) is 0 Å². The van der Waals surface area contributed by atoms with Gasteiger partial charge in [0, 0.05) is 19.1 Å². The van der Waals surface area contributed by atoms with Gasteiger partial charge in [0.15, 0.2) is 0 Å². The molecule has 2 rings (SSSR count). The van der Waals surface area contributed by atoms with Crippen LogP contribution in [0, 0.1) is 5.82 Å². The van der Waals surface area contributed by atoms with Crippen molar-refractivity contribution in [2.24, 2.45) is 0 Å². The SMILES string of the molecule is CCN(Cc1cc(F)cc(C(F)(F)F)c1)CC1CCCN1. The Labute approximate surface area is 122 Å². The van der Waals surface area contributed by atoms with Crippen molar-refractivity contribution in [3.05, 3.63) is 35.1 Å². The molecular formula is C15H20F4N2. The van der Waals surface area contributed by atoms with E-state index in [0.717, 1.165) is 38.5 Å². The van der Waals surface area contributed by atoms with Gasteiger partial charge in [0.1, 0.15) is 5.82 Å². The Kier molecular flexibility index (Phi) is 5.22. The van der Waals surface area contributed by atoms with E-state index in [1.807, 2.05) is 11.8 Å². The van der Waals surface area contributed by atoms with Crippen molar-refractivity contribution >= 4 is 0 Å². The largest absolute Gasteiger partial charge is 0.416 e. The van der Waals surface area contributed by atoms with Crippen LogP contribution in [0.2, 0.25) is 0 Å². The monoisotopic (exact) mass is 304 g/mol. The molecule has 0 amide bonds. The molecule has 1 aliphatic heterocycles. The van der Waals surface area contributed by atoms with Gasteiger partial charge < -0.3 is 5.32 Å². The van der Waals surface area contributed by atoms with E-state index in [-0.39, 0.29) is 0 Å². The van der Waals surface area contributed by atoms with Crippen molar-refractivity contribution in [2.45, 2.75) is 38.5 Å². The number of nitrogens with one attached hydrogen (secondary N) is 1. The summed E-state index contributed by atoms with van der Waals surface area (Å²) in [5.74, 6) is -0.838. The van der Waals surface area contributed by atoms with E-state index in [1.54, 1.807) is 0 Å². The number of halogens is 4. The molecule has 1 fully saturated rings. The minimum absolute atomic E-state index is 0.329. The molecule has 1 saturated heterocycles. The van der Waals surface area contributed by atoms with Crippen LogP contribution in [-0.2, 0) is 12.7 Å². The molecule has 1 aliphatic rings. The first-order valence-electron chi connectivity index (χ1n) is 7.21. The van der Waals surface area contributed by atoms with Gasteiger partial charge in [-0.05, 0) is 49.7 Å². The predicted octanol–water partition coefficient (Wildman–Crippen LogP) is 3.42. The number of benzene rings is 1. The molecule has 0 radical (unpaired) electrons. The second-order valence-electron chi connectivity index (χ2n) is 5.47. The summed E-state index contributed by atoms with van der Waals surface area (Å²) in [6, 6.07) is 3.13. The van der Waals surface area contributed by atoms with Crippen LogP contribution in [0.5, 0.6) is 0 Å². The molecule has 1 heterocycles. The highest BCUT2D eigenvalue weighted by Gasteiger charge is 2.31. The molecule has 0 bridgehead atoms. The number of hydrogen-bond donors (Lipinski definition) is 1. The Bertz CT molecular complexity index is 467. The van der Waals surface area contributed by atoms with Crippen LogP contribution in [0.4, 0.5) is 17.6 Å². The molecule has 6 heteroatoms. The van der Waals surface area contributed by atoms with Crippen LogP contribution in [0.15, 0.2) is 18.2 Å². The molecule has 0 spiro atoms. The fourth-order valence-corrected chi connectivity index (χ4v) is 2.69. The fraction of sp³-hybridized carbons (Fsp3) is 0.600. The van der Waals surface area contributed by atoms with Crippen molar-refractivity contribution in [2.75, 3.05) is 19.6 Å². The zero-order valence-corrected chi connectivity index (χ0v) is 12.0. The van der Waals surface area contributed by atoms with Gasteiger partial charge in [0.05, 0.1) is 5.56 Å². The van der Waals surface area contributed by atoms with E-state index in [2.05, 4.69) is 5.32 Å². The molecule has 1 unspecified atom stereocenters. The maximum absolute atomic E-state index is 13.4. The van der Waals surface area contributed by atoms with Gasteiger partial charge in [0.25, 0.3) is 0 Å². The summed E-state index contributed by atoms with van der Waals surface area (Å²) >= 11 is 0. The first-order chi connectivity index (χ1) is 9.88. The van der Waals surface area contributed by atoms with Crippen LogP contribution in [0.25, 0.3) is 0 Å². The van der Waals surface area contributed by atoms with E-state index in [9.17, 15) is 17.6 Å². The van der Waals surface area contributed by atoms with E-state index < -0.39 is 17.6 Å². The second-order valence-corrected chi connectivity index (χ2v) is 5.47. The molecular weight excluding hydrogens is 284 g/mol. The maximum Gasteiger partial charge on any atom is 0.416 e. The van der Waals surface area contributed by atoms with Gasteiger partial charge in [-0.2, -0.15) is 13.2 Å².